The lowest BCUT2D eigenvalue weighted by molar-refractivity contribution is -0.340. The zero-order chi connectivity index (χ0) is 31.0. The Morgan fingerprint density at radius 2 is 1.78 bits per heavy atom. The van der Waals surface area contributed by atoms with Gasteiger partial charge in [-0.1, -0.05) is 38.8 Å². The first kappa shape index (κ1) is 32.0. The third-order valence-corrected chi connectivity index (χ3v) is 11.4. The molecule has 1 saturated heterocycles. The highest BCUT2D eigenvalue weighted by Crippen LogP contribution is 2.66. The van der Waals surface area contributed by atoms with Crippen LogP contribution in [0.4, 0.5) is 0 Å². The average Bonchev–Trinajstić information content (AvgIpc) is 2.86. The summed E-state index contributed by atoms with van der Waals surface area (Å²) in [6.07, 6.45) is -4.19. The van der Waals surface area contributed by atoms with Gasteiger partial charge in [0.2, 0.25) is 5.91 Å². The zero-order valence-corrected chi connectivity index (χ0v) is 25.6. The van der Waals surface area contributed by atoms with E-state index in [0.717, 1.165) is 0 Å². The molecule has 1 amide bonds. The number of nitrogens with one attached hydrogen (secondary N) is 1. The predicted octanol–water partition coefficient (Wildman–Crippen LogP) is 1.77. The van der Waals surface area contributed by atoms with Gasteiger partial charge < -0.3 is 30.1 Å². The molecule has 1 heterocycles. The number of carbonyl (C=O) groups excluding carboxylic acids is 3. The van der Waals surface area contributed by atoms with E-state index in [0.29, 0.717) is 11.1 Å². The van der Waals surface area contributed by atoms with Crippen LogP contribution in [-0.2, 0) is 28.7 Å². The van der Waals surface area contributed by atoms with Crippen LogP contribution < -0.4 is 5.32 Å². The number of hydrogen-bond donors (Lipinski definition) is 5. The maximum absolute atomic E-state index is 14.6. The summed E-state index contributed by atoms with van der Waals surface area (Å²) in [5.41, 5.74) is -3.81. The molecule has 2 saturated carbocycles. The normalized spacial score (nSPS) is 43.8. The van der Waals surface area contributed by atoms with Crippen LogP contribution in [-0.4, -0.2) is 86.5 Å². The Bertz CT molecular complexity index is 1140. The summed E-state index contributed by atoms with van der Waals surface area (Å²) in [7, 11) is 0. The van der Waals surface area contributed by atoms with E-state index in [1.807, 2.05) is 27.7 Å². The minimum atomic E-state index is -1.58. The van der Waals surface area contributed by atoms with Crippen molar-refractivity contribution in [3.63, 3.8) is 0 Å². The molecule has 3 fully saturated rings. The first-order valence-electron chi connectivity index (χ1n) is 14.5. The number of hydrogen-bond acceptors (Lipinski definition) is 10. The van der Waals surface area contributed by atoms with Gasteiger partial charge in [0.1, 0.15) is 24.1 Å². The maximum Gasteiger partial charge on any atom is 0.303 e. The number of esters is 1. The number of Topliss-reactive ketones (excluding diaryl/α,β-unsaturated/α-hetero) is 1. The van der Waals surface area contributed by atoms with Crippen molar-refractivity contribution >= 4 is 17.7 Å². The molecular formula is C30H47NO10. The number of rotatable bonds is 6. The lowest BCUT2D eigenvalue weighted by Crippen LogP contribution is -2.79. The van der Waals surface area contributed by atoms with Gasteiger partial charge >= 0.3 is 5.97 Å². The monoisotopic (exact) mass is 581 g/mol. The molecule has 3 aliphatic carbocycles. The minimum absolute atomic E-state index is 0.0246. The third kappa shape index (κ3) is 4.33. The molecule has 0 aromatic rings. The quantitative estimate of drug-likeness (QED) is 0.135. The fourth-order valence-corrected chi connectivity index (χ4v) is 9.38. The second-order valence-corrected chi connectivity index (χ2v) is 13.7. The number of ketones is 1. The van der Waals surface area contributed by atoms with Gasteiger partial charge in [-0.25, -0.2) is 4.89 Å². The first-order valence-corrected chi connectivity index (χ1v) is 14.5. The van der Waals surface area contributed by atoms with E-state index in [1.165, 1.54) is 13.8 Å². The van der Waals surface area contributed by atoms with E-state index in [2.05, 4.69) is 5.32 Å². The summed E-state index contributed by atoms with van der Waals surface area (Å²) in [6, 6.07) is -0.787. The van der Waals surface area contributed by atoms with Crippen molar-refractivity contribution in [2.75, 3.05) is 6.61 Å². The Kier molecular flexibility index (Phi) is 8.11. The Labute approximate surface area is 241 Å². The second-order valence-electron chi connectivity index (χ2n) is 13.7. The van der Waals surface area contributed by atoms with E-state index in [-0.39, 0.29) is 31.1 Å². The molecule has 2 bridgehead atoms. The van der Waals surface area contributed by atoms with Crippen LogP contribution in [0, 0.1) is 34.5 Å². The van der Waals surface area contributed by atoms with Crippen LogP contribution in [0.2, 0.25) is 0 Å². The Morgan fingerprint density at radius 1 is 1.17 bits per heavy atom. The van der Waals surface area contributed by atoms with Crippen molar-refractivity contribution in [1.82, 2.24) is 5.32 Å². The van der Waals surface area contributed by atoms with Crippen molar-refractivity contribution in [3.8, 4) is 0 Å². The summed E-state index contributed by atoms with van der Waals surface area (Å²) in [5.74, 6) is -4.20. The van der Waals surface area contributed by atoms with E-state index in [4.69, 9.17) is 14.4 Å². The predicted molar refractivity (Wildman–Crippen MR) is 146 cm³/mol. The van der Waals surface area contributed by atoms with Crippen molar-refractivity contribution in [2.45, 2.75) is 117 Å². The number of ether oxygens (including phenoxy) is 2. The lowest BCUT2D eigenvalue weighted by Gasteiger charge is -2.68. The van der Waals surface area contributed by atoms with E-state index >= 15 is 0 Å². The van der Waals surface area contributed by atoms with Crippen LogP contribution >= 0.6 is 0 Å². The van der Waals surface area contributed by atoms with Crippen molar-refractivity contribution in [2.24, 2.45) is 34.5 Å². The fraction of sp³-hybridized carbons (Fsp3) is 0.833. The molecule has 1 aliphatic heterocycles. The molecule has 232 valence electrons. The van der Waals surface area contributed by atoms with Crippen molar-refractivity contribution in [3.05, 3.63) is 11.1 Å². The molecule has 11 nitrogen and oxygen atoms in total. The molecule has 5 N–H and O–H groups in total. The standard InChI is InChI=1S/C30H47NO10/c1-13-19(24(41-38)23(35)16(4)31-17(5)32)11-30(37)15(3)25-28(9,26(36)14(2)22(13)27(30,7)8)20(34)10-21-29(25,12-39-21)40-18(6)33/h14-16,19-21,23-25,34-35,37-38H,10-12H2,1-9H3,(H,31,32)/t14-,15?,16?,19?,20?,21?,23?,24?,25?,28-,29?,30?/m1/s1. The molecule has 4 aliphatic rings. The first-order chi connectivity index (χ1) is 18.8. The van der Waals surface area contributed by atoms with Gasteiger partial charge in [-0.15, -0.1) is 0 Å². The molecule has 11 heteroatoms. The van der Waals surface area contributed by atoms with Gasteiger partial charge in [0, 0.05) is 43.4 Å². The van der Waals surface area contributed by atoms with Gasteiger partial charge in [0.05, 0.1) is 29.8 Å². The fourth-order valence-electron chi connectivity index (χ4n) is 9.38. The van der Waals surface area contributed by atoms with Gasteiger partial charge in [-0.3, -0.25) is 19.6 Å². The third-order valence-electron chi connectivity index (χ3n) is 11.4. The highest BCUT2D eigenvalue weighted by atomic mass is 17.1. The Balaban J connectivity index is 1.95. The second kappa shape index (κ2) is 10.4. The van der Waals surface area contributed by atoms with Crippen LogP contribution in [0.3, 0.4) is 0 Å². The van der Waals surface area contributed by atoms with Crippen molar-refractivity contribution in [1.29, 1.82) is 0 Å². The summed E-state index contributed by atoms with van der Waals surface area (Å²) in [6.45, 7) is 15.1. The molecule has 0 spiro atoms. The Morgan fingerprint density at radius 3 is 2.27 bits per heavy atom. The van der Waals surface area contributed by atoms with E-state index in [1.54, 1.807) is 20.8 Å². The lowest BCUT2D eigenvalue weighted by atomic mass is 9.41. The Hall–Kier alpha value is -1.89. The van der Waals surface area contributed by atoms with Crippen LogP contribution in [0.15, 0.2) is 11.1 Å². The topological polar surface area (TPSA) is 172 Å². The summed E-state index contributed by atoms with van der Waals surface area (Å²) in [4.78, 5) is 43.6. The largest absolute Gasteiger partial charge is 0.454 e. The minimum Gasteiger partial charge on any atom is -0.454 e. The van der Waals surface area contributed by atoms with Crippen LogP contribution in [0.1, 0.15) is 75.2 Å². The number of amides is 1. The SMILES string of the molecule is CC(=O)NC(C)C(O)C(OO)C1CC2(O)C(C)C3C4(OC(C)=O)COC4CC(O)[C@@]3(C)C(=O)[C@H](C)C(=C1C)C2(C)C. The van der Waals surface area contributed by atoms with Gasteiger partial charge in [-0.05, 0) is 33.1 Å². The number of aliphatic hydroxyl groups is 3. The maximum atomic E-state index is 14.6. The number of aliphatic hydroxyl groups excluding tert-OH is 2. The van der Waals surface area contributed by atoms with Crippen molar-refractivity contribution < 1.29 is 49.3 Å². The highest BCUT2D eigenvalue weighted by Gasteiger charge is 2.75. The van der Waals surface area contributed by atoms with E-state index < -0.39 is 82.1 Å². The number of carbonyl (C=O) groups is 3. The van der Waals surface area contributed by atoms with Crippen LogP contribution in [0.5, 0.6) is 0 Å². The average molecular weight is 582 g/mol. The highest BCUT2D eigenvalue weighted by molar-refractivity contribution is 5.91. The summed E-state index contributed by atoms with van der Waals surface area (Å²) >= 11 is 0. The molecule has 0 radical (unpaired) electrons. The molecule has 12 atom stereocenters. The van der Waals surface area contributed by atoms with E-state index in [9.17, 15) is 35.0 Å². The zero-order valence-electron chi connectivity index (χ0n) is 25.6. The molecule has 0 aromatic carbocycles. The van der Waals surface area contributed by atoms with Crippen LogP contribution in [0.25, 0.3) is 0 Å². The van der Waals surface area contributed by atoms with Gasteiger partial charge in [-0.2, -0.15) is 0 Å². The summed E-state index contributed by atoms with van der Waals surface area (Å²) < 4.78 is 11.8. The molecule has 41 heavy (non-hydrogen) atoms. The summed E-state index contributed by atoms with van der Waals surface area (Å²) in [5, 5.41) is 48.3. The molecule has 4 rings (SSSR count). The number of fused-ring (bicyclic) bond motifs is 5. The smallest absolute Gasteiger partial charge is 0.303 e. The molecule has 0 aromatic heterocycles. The van der Waals surface area contributed by atoms with Gasteiger partial charge in [0.25, 0.3) is 0 Å². The molecular weight excluding hydrogens is 534 g/mol. The molecule has 10 unspecified atom stereocenters. The van der Waals surface area contributed by atoms with Gasteiger partial charge in [0.15, 0.2) is 5.60 Å².